The van der Waals surface area contributed by atoms with Crippen LogP contribution in [0.2, 0.25) is 13.1 Å². The molecule has 0 spiro atoms. The van der Waals surface area contributed by atoms with E-state index in [0.717, 1.165) is 9.52 Å². The predicted molar refractivity (Wildman–Crippen MR) is 88.4 cm³/mol. The summed E-state index contributed by atoms with van der Waals surface area (Å²) in [5.74, 6) is 0. The number of halogens is 2. The smallest absolute Gasteiger partial charge is 1.00 e. The minimum atomic E-state index is 0. The Hall–Kier alpha value is -0.569. The van der Waals surface area contributed by atoms with Gasteiger partial charge in [0, 0.05) is 9.52 Å². The van der Waals surface area contributed by atoms with Crippen molar-refractivity contribution in [2.75, 3.05) is 0 Å². The minimum Gasteiger partial charge on any atom is -1.00 e. The molecule has 0 saturated carbocycles. The van der Waals surface area contributed by atoms with Gasteiger partial charge in [0.25, 0.3) is 0 Å². The summed E-state index contributed by atoms with van der Waals surface area (Å²) in [7, 11) is 0.750. The van der Waals surface area contributed by atoms with E-state index >= 15 is 0 Å². The summed E-state index contributed by atoms with van der Waals surface area (Å²) in [6.07, 6.45) is 0. The fourth-order valence-corrected chi connectivity index (χ4v) is 1.52. The van der Waals surface area contributed by atoms with Crippen LogP contribution in [-0.4, -0.2) is 9.52 Å². The van der Waals surface area contributed by atoms with Gasteiger partial charge in [0.1, 0.15) is 0 Å². The molecule has 0 N–H and O–H groups in total. The van der Waals surface area contributed by atoms with Gasteiger partial charge in [0.05, 0.1) is 0 Å². The molecule has 0 aliphatic carbocycles. The number of benzene rings is 1. The van der Waals surface area contributed by atoms with E-state index in [9.17, 15) is 0 Å². The molecular formula is C18H21Cl2SiTi. The third kappa shape index (κ3) is 12.0. The van der Waals surface area contributed by atoms with Crippen molar-refractivity contribution in [2.45, 2.75) is 13.1 Å². The summed E-state index contributed by atoms with van der Waals surface area (Å²) in [4.78, 5) is 0. The summed E-state index contributed by atoms with van der Waals surface area (Å²) in [6.45, 7) is 4.42. The van der Waals surface area contributed by atoms with E-state index in [1.165, 1.54) is 11.1 Å². The van der Waals surface area contributed by atoms with Gasteiger partial charge >= 0.3 is 21.7 Å². The van der Waals surface area contributed by atoms with Crippen molar-refractivity contribution in [3.63, 3.8) is 0 Å². The molecule has 3 aromatic rings. The molecule has 115 valence electrons. The van der Waals surface area contributed by atoms with Crippen LogP contribution in [0.25, 0.3) is 11.1 Å². The molecule has 3 rings (SSSR count). The van der Waals surface area contributed by atoms with Crippen molar-refractivity contribution < 1.29 is 46.5 Å². The van der Waals surface area contributed by atoms with Crippen LogP contribution in [0.3, 0.4) is 0 Å². The van der Waals surface area contributed by atoms with Crippen LogP contribution in [-0.2, 0) is 21.7 Å². The molecule has 0 atom stereocenters. The first-order valence-corrected chi connectivity index (χ1v) is 8.87. The summed E-state index contributed by atoms with van der Waals surface area (Å²) in [6, 6.07) is 28.7. The molecule has 0 bridgehead atoms. The van der Waals surface area contributed by atoms with Crippen LogP contribution in [0.4, 0.5) is 0 Å². The summed E-state index contributed by atoms with van der Waals surface area (Å²) < 4.78 is 0. The van der Waals surface area contributed by atoms with Gasteiger partial charge in [0.15, 0.2) is 0 Å². The Morgan fingerprint density at radius 2 is 1.23 bits per heavy atom. The molecule has 0 aliphatic rings. The standard InChI is InChI=1S/C11H9.C5H5.C2H7Si.2ClH.Ti/c1-2-6-10(7-3-1)11-8-4-5-9-11;1-2-4-5-3-1;1-3-2;;;/h1-9H;1-5H;3H,1-2H3;2*1H;/q2*-1;;;;+4/p-2. The Labute approximate surface area is 164 Å². The zero-order chi connectivity index (χ0) is 13.8. The van der Waals surface area contributed by atoms with Crippen LogP contribution in [0.15, 0.2) is 84.9 Å². The summed E-state index contributed by atoms with van der Waals surface area (Å²) in [5, 5.41) is 0. The fraction of sp³-hybridized carbons (Fsp3) is 0.111. The maximum Gasteiger partial charge on any atom is 4.00 e. The van der Waals surface area contributed by atoms with E-state index in [1.54, 1.807) is 0 Å². The second kappa shape index (κ2) is 18.5. The van der Waals surface area contributed by atoms with Crippen LogP contribution >= 0.6 is 0 Å². The molecular weight excluding hydrogens is 363 g/mol. The maximum absolute atomic E-state index is 2.21. The normalized spacial score (nSPS) is 7.55. The van der Waals surface area contributed by atoms with Crippen molar-refractivity contribution in [1.82, 2.24) is 0 Å². The number of rotatable bonds is 1. The first kappa shape index (κ1) is 26.3. The van der Waals surface area contributed by atoms with Crippen molar-refractivity contribution in [1.29, 1.82) is 0 Å². The Morgan fingerprint density at radius 3 is 1.59 bits per heavy atom. The van der Waals surface area contributed by atoms with Crippen LogP contribution in [0, 0.1) is 0 Å². The van der Waals surface area contributed by atoms with Gasteiger partial charge < -0.3 is 24.8 Å². The van der Waals surface area contributed by atoms with Gasteiger partial charge in [-0.15, -0.1) is 29.8 Å². The first-order chi connectivity index (χ1) is 9.38. The van der Waals surface area contributed by atoms with Gasteiger partial charge in [-0.2, -0.15) is 30.3 Å². The van der Waals surface area contributed by atoms with Crippen molar-refractivity contribution in [2.24, 2.45) is 0 Å². The van der Waals surface area contributed by atoms with E-state index in [4.69, 9.17) is 0 Å². The number of hydrogen-bond acceptors (Lipinski definition) is 0. The fourth-order valence-electron chi connectivity index (χ4n) is 1.52. The summed E-state index contributed by atoms with van der Waals surface area (Å²) in [5.41, 5.74) is 2.59. The van der Waals surface area contributed by atoms with Crippen LogP contribution < -0.4 is 24.8 Å². The van der Waals surface area contributed by atoms with Gasteiger partial charge in [-0.25, -0.2) is 12.1 Å². The minimum absolute atomic E-state index is 0. The molecule has 0 saturated heterocycles. The van der Waals surface area contributed by atoms with Gasteiger partial charge in [-0.1, -0.05) is 36.9 Å². The van der Waals surface area contributed by atoms with Gasteiger partial charge in [-0.05, 0) is 0 Å². The van der Waals surface area contributed by atoms with E-state index in [0.29, 0.717) is 0 Å². The molecule has 0 unspecified atom stereocenters. The van der Waals surface area contributed by atoms with Crippen molar-refractivity contribution in [3.8, 4) is 11.1 Å². The Balaban J connectivity index is -0.000000283. The molecule has 0 aliphatic heterocycles. The first-order valence-electron chi connectivity index (χ1n) is 6.56. The number of hydrogen-bond donors (Lipinski definition) is 0. The zero-order valence-corrected chi connectivity index (χ0v) is 17.1. The zero-order valence-electron chi connectivity index (χ0n) is 12.9. The van der Waals surface area contributed by atoms with E-state index in [2.05, 4.69) is 61.6 Å². The van der Waals surface area contributed by atoms with Crippen molar-refractivity contribution in [3.05, 3.63) is 84.9 Å². The maximum atomic E-state index is 2.21. The Morgan fingerprint density at radius 1 is 0.773 bits per heavy atom. The van der Waals surface area contributed by atoms with Gasteiger partial charge in [-0.3, -0.25) is 0 Å². The Bertz CT molecular complexity index is 476. The molecule has 0 aromatic heterocycles. The molecule has 22 heavy (non-hydrogen) atoms. The largest absolute Gasteiger partial charge is 4.00 e. The van der Waals surface area contributed by atoms with Crippen LogP contribution in [0.1, 0.15) is 0 Å². The predicted octanol–water partition coefficient (Wildman–Crippen LogP) is -0.997. The topological polar surface area (TPSA) is 0 Å². The van der Waals surface area contributed by atoms with Crippen molar-refractivity contribution >= 4 is 9.52 Å². The van der Waals surface area contributed by atoms with E-state index in [1.807, 2.05) is 36.4 Å². The third-order valence-electron chi connectivity index (χ3n) is 2.33. The van der Waals surface area contributed by atoms with E-state index < -0.39 is 0 Å². The average Bonchev–Trinajstić information content (AvgIpc) is 3.17. The molecule has 0 heterocycles. The third-order valence-corrected chi connectivity index (χ3v) is 2.33. The quantitative estimate of drug-likeness (QED) is 0.373. The monoisotopic (exact) mass is 383 g/mol. The molecule has 1 radical (unpaired) electrons. The molecule has 0 nitrogen and oxygen atoms in total. The second-order valence-electron chi connectivity index (χ2n) is 4.08. The molecule has 4 heteroatoms. The Kier molecular flexibility index (Phi) is 22.1. The van der Waals surface area contributed by atoms with Crippen LogP contribution in [0.5, 0.6) is 0 Å². The molecule has 3 aromatic carbocycles. The van der Waals surface area contributed by atoms with Gasteiger partial charge in [0.2, 0.25) is 0 Å². The summed E-state index contributed by atoms with van der Waals surface area (Å²) >= 11 is 0. The SMILES string of the molecule is C[SiH]C.[Cl-].[Cl-].[Ti+4].c1cc[cH-]c1.c1ccc(-[c-]2cccc2)cc1. The molecule has 0 amide bonds. The second-order valence-corrected chi connectivity index (χ2v) is 5.23. The molecule has 0 fully saturated rings. The average molecular weight is 384 g/mol. The van der Waals surface area contributed by atoms with E-state index in [-0.39, 0.29) is 46.5 Å².